The van der Waals surface area contributed by atoms with Crippen LogP contribution in [0.4, 0.5) is 4.39 Å². The van der Waals surface area contributed by atoms with Gasteiger partial charge in [0, 0.05) is 18.2 Å². The maximum absolute atomic E-state index is 13.6. The van der Waals surface area contributed by atoms with Crippen LogP contribution in [0.25, 0.3) is 0 Å². The van der Waals surface area contributed by atoms with Crippen LogP contribution >= 0.6 is 12.2 Å². The molecule has 0 saturated heterocycles. The van der Waals surface area contributed by atoms with Crippen molar-refractivity contribution in [2.24, 2.45) is 5.73 Å². The Balaban J connectivity index is 2.09. The smallest absolute Gasteiger partial charge is 0.124 e. The summed E-state index contributed by atoms with van der Waals surface area (Å²) in [4.78, 5) is 2.70. The average Bonchev–Trinajstić information content (AvgIpc) is 3.17. The average molecular weight is 280 g/mol. The van der Waals surface area contributed by atoms with Gasteiger partial charge in [-0.1, -0.05) is 25.6 Å². The van der Waals surface area contributed by atoms with Gasteiger partial charge >= 0.3 is 0 Å². The normalized spacial score (nSPS) is 14.9. The van der Waals surface area contributed by atoms with Crippen LogP contribution in [0.1, 0.15) is 43.7 Å². The molecule has 19 heavy (non-hydrogen) atoms. The lowest BCUT2D eigenvalue weighted by Gasteiger charge is -2.22. The highest BCUT2D eigenvalue weighted by molar-refractivity contribution is 7.80. The number of hydrogen-bond donors (Lipinski definition) is 1. The number of halogens is 1. The van der Waals surface area contributed by atoms with E-state index in [1.807, 2.05) is 6.07 Å². The van der Waals surface area contributed by atoms with Gasteiger partial charge in [0.1, 0.15) is 10.8 Å². The zero-order chi connectivity index (χ0) is 13.8. The van der Waals surface area contributed by atoms with Crippen LogP contribution in [0.3, 0.4) is 0 Å². The zero-order valence-electron chi connectivity index (χ0n) is 11.4. The first-order chi connectivity index (χ1) is 9.10. The summed E-state index contributed by atoms with van der Waals surface area (Å²) in [6.45, 7) is 4.07. The van der Waals surface area contributed by atoms with Crippen LogP contribution in [0.15, 0.2) is 18.2 Å². The molecule has 4 heteroatoms. The molecular weight excluding hydrogens is 259 g/mol. The van der Waals surface area contributed by atoms with Gasteiger partial charge in [-0.25, -0.2) is 4.39 Å². The molecule has 1 aromatic carbocycles. The highest BCUT2D eigenvalue weighted by atomic mass is 32.1. The van der Waals surface area contributed by atoms with E-state index < -0.39 is 0 Å². The minimum absolute atomic E-state index is 0.257. The summed E-state index contributed by atoms with van der Waals surface area (Å²) in [7, 11) is 0. The molecule has 0 unspecified atom stereocenters. The van der Waals surface area contributed by atoms with Gasteiger partial charge in [-0.3, -0.25) is 4.90 Å². The third kappa shape index (κ3) is 4.25. The first kappa shape index (κ1) is 14.4. The van der Waals surface area contributed by atoms with Gasteiger partial charge < -0.3 is 5.73 Å². The molecule has 0 aromatic heterocycles. The molecule has 0 bridgehead atoms. The second kappa shape index (κ2) is 6.44. The quantitative estimate of drug-likeness (QED) is 0.778. The Kier molecular flexibility index (Phi) is 4.88. The van der Waals surface area contributed by atoms with Gasteiger partial charge in [0.15, 0.2) is 0 Å². The van der Waals surface area contributed by atoms with Gasteiger partial charge in [0.2, 0.25) is 0 Å². The molecule has 104 valence electrons. The van der Waals surface area contributed by atoms with Crippen LogP contribution < -0.4 is 5.73 Å². The number of nitrogens with two attached hydrogens (primary N) is 1. The van der Waals surface area contributed by atoms with Crippen molar-refractivity contribution in [3.05, 3.63) is 35.1 Å². The maximum Gasteiger partial charge on any atom is 0.124 e. The van der Waals surface area contributed by atoms with Crippen molar-refractivity contribution < 1.29 is 4.39 Å². The monoisotopic (exact) mass is 280 g/mol. The third-order valence-electron chi connectivity index (χ3n) is 3.49. The molecule has 2 N–H and O–H groups in total. The molecule has 1 saturated carbocycles. The Morgan fingerprint density at radius 3 is 2.74 bits per heavy atom. The SMILES string of the molecule is CCCCN(Cc1cc(F)cc(C(N)=S)c1)C1CC1. The van der Waals surface area contributed by atoms with Gasteiger partial charge in [0.25, 0.3) is 0 Å². The minimum Gasteiger partial charge on any atom is -0.389 e. The summed E-state index contributed by atoms with van der Waals surface area (Å²) in [5.74, 6) is -0.258. The highest BCUT2D eigenvalue weighted by Crippen LogP contribution is 2.28. The number of benzene rings is 1. The predicted molar refractivity (Wildman–Crippen MR) is 80.6 cm³/mol. The van der Waals surface area contributed by atoms with Gasteiger partial charge in [-0.05, 0) is 49.6 Å². The van der Waals surface area contributed by atoms with Crippen molar-refractivity contribution in [3.8, 4) is 0 Å². The summed E-state index contributed by atoms with van der Waals surface area (Å²) in [6.07, 6.45) is 4.90. The molecule has 0 atom stereocenters. The molecule has 2 rings (SSSR count). The van der Waals surface area contributed by atoms with E-state index in [0.29, 0.717) is 11.6 Å². The molecule has 0 spiro atoms. The molecular formula is C15H21FN2S. The van der Waals surface area contributed by atoms with Crippen molar-refractivity contribution >= 4 is 17.2 Å². The maximum atomic E-state index is 13.6. The van der Waals surface area contributed by atoms with E-state index in [1.165, 1.54) is 31.7 Å². The molecule has 1 fully saturated rings. The lowest BCUT2D eigenvalue weighted by molar-refractivity contribution is 0.250. The largest absolute Gasteiger partial charge is 0.389 e. The van der Waals surface area contributed by atoms with Crippen LogP contribution in [-0.4, -0.2) is 22.5 Å². The van der Waals surface area contributed by atoms with Crippen LogP contribution in [0.2, 0.25) is 0 Å². The molecule has 1 aliphatic carbocycles. The molecule has 0 heterocycles. The second-order valence-electron chi connectivity index (χ2n) is 5.27. The molecule has 0 amide bonds. The van der Waals surface area contributed by atoms with Gasteiger partial charge in [-0.15, -0.1) is 0 Å². The second-order valence-corrected chi connectivity index (χ2v) is 5.71. The Hall–Kier alpha value is -1.00. The summed E-state index contributed by atoms with van der Waals surface area (Å²) in [5.41, 5.74) is 7.17. The summed E-state index contributed by atoms with van der Waals surface area (Å²) < 4.78 is 13.6. The van der Waals surface area contributed by atoms with E-state index in [0.717, 1.165) is 18.7 Å². The fourth-order valence-electron chi connectivity index (χ4n) is 2.31. The van der Waals surface area contributed by atoms with Crippen LogP contribution in [0.5, 0.6) is 0 Å². The molecule has 0 aliphatic heterocycles. The summed E-state index contributed by atoms with van der Waals surface area (Å²) >= 11 is 4.93. The van der Waals surface area contributed by atoms with E-state index in [-0.39, 0.29) is 10.8 Å². The first-order valence-electron chi connectivity index (χ1n) is 6.93. The lowest BCUT2D eigenvalue weighted by Crippen LogP contribution is -2.27. The van der Waals surface area contributed by atoms with E-state index in [4.69, 9.17) is 18.0 Å². The Morgan fingerprint density at radius 2 is 2.16 bits per heavy atom. The Bertz CT molecular complexity index is 457. The highest BCUT2D eigenvalue weighted by Gasteiger charge is 2.28. The van der Waals surface area contributed by atoms with Crippen molar-refractivity contribution in [2.45, 2.75) is 45.2 Å². The van der Waals surface area contributed by atoms with E-state index >= 15 is 0 Å². The predicted octanol–water partition coefficient (Wildman–Crippen LogP) is 3.22. The molecule has 2 nitrogen and oxygen atoms in total. The third-order valence-corrected chi connectivity index (χ3v) is 3.73. The van der Waals surface area contributed by atoms with Crippen molar-refractivity contribution in [3.63, 3.8) is 0 Å². The van der Waals surface area contributed by atoms with Crippen molar-refractivity contribution in [1.82, 2.24) is 4.90 Å². The van der Waals surface area contributed by atoms with E-state index in [1.54, 1.807) is 6.07 Å². The first-order valence-corrected chi connectivity index (χ1v) is 7.34. The molecule has 1 aliphatic rings. The van der Waals surface area contributed by atoms with Crippen LogP contribution in [-0.2, 0) is 6.54 Å². The van der Waals surface area contributed by atoms with E-state index in [2.05, 4.69) is 11.8 Å². The van der Waals surface area contributed by atoms with Crippen LogP contribution in [0, 0.1) is 5.82 Å². The van der Waals surface area contributed by atoms with E-state index in [9.17, 15) is 4.39 Å². The summed E-state index contributed by atoms with van der Waals surface area (Å²) in [6, 6.07) is 5.58. The number of nitrogens with zero attached hydrogens (tertiary/aromatic N) is 1. The van der Waals surface area contributed by atoms with Gasteiger partial charge in [-0.2, -0.15) is 0 Å². The lowest BCUT2D eigenvalue weighted by atomic mass is 10.1. The number of thiocarbonyl (C=S) groups is 1. The summed E-state index contributed by atoms with van der Waals surface area (Å²) in [5, 5.41) is 0. The molecule has 0 radical (unpaired) electrons. The standard InChI is InChI=1S/C15H21FN2S/c1-2-3-6-18(14-4-5-14)10-11-7-12(15(17)19)9-13(16)8-11/h7-9,14H,2-6,10H2,1H3,(H2,17,19). The minimum atomic E-state index is -0.258. The number of unbranched alkanes of at least 4 members (excludes halogenated alkanes) is 1. The van der Waals surface area contributed by atoms with Crippen molar-refractivity contribution in [2.75, 3.05) is 6.54 Å². The fourth-order valence-corrected chi connectivity index (χ4v) is 2.43. The topological polar surface area (TPSA) is 29.3 Å². The Morgan fingerprint density at radius 1 is 1.42 bits per heavy atom. The molecule has 1 aromatic rings. The van der Waals surface area contributed by atoms with Crippen molar-refractivity contribution in [1.29, 1.82) is 0 Å². The van der Waals surface area contributed by atoms with Gasteiger partial charge in [0.05, 0.1) is 0 Å². The Labute approximate surface area is 119 Å². The zero-order valence-corrected chi connectivity index (χ0v) is 12.2. The number of rotatable bonds is 7. The fraction of sp³-hybridized carbons (Fsp3) is 0.533. The number of hydrogen-bond acceptors (Lipinski definition) is 2.